The van der Waals surface area contributed by atoms with Crippen LogP contribution in [0.4, 0.5) is 4.79 Å². The summed E-state index contributed by atoms with van der Waals surface area (Å²) >= 11 is 0. The topological polar surface area (TPSA) is 88.2 Å². The maximum absolute atomic E-state index is 11.6. The Balaban J connectivity index is 1.61. The number of rotatable bonds is 5. The Labute approximate surface area is 118 Å². The molecule has 2 amide bonds. The maximum Gasteiger partial charge on any atom is 0.314 e. The van der Waals surface area contributed by atoms with Crippen molar-refractivity contribution in [2.45, 2.75) is 12.8 Å². The minimum absolute atomic E-state index is 0.0431. The molecule has 110 valence electrons. The lowest BCUT2D eigenvalue weighted by Gasteiger charge is -2.10. The molecule has 0 spiro atoms. The molecule has 7 heteroatoms. The van der Waals surface area contributed by atoms with Crippen molar-refractivity contribution in [3.8, 4) is 0 Å². The van der Waals surface area contributed by atoms with E-state index in [0.717, 1.165) is 5.69 Å². The van der Waals surface area contributed by atoms with Gasteiger partial charge in [-0.25, -0.2) is 13.2 Å². The van der Waals surface area contributed by atoms with Gasteiger partial charge in [0.15, 0.2) is 9.84 Å². The molecule has 0 bridgehead atoms. The van der Waals surface area contributed by atoms with Gasteiger partial charge in [0.2, 0.25) is 0 Å². The van der Waals surface area contributed by atoms with Crippen molar-refractivity contribution in [3.05, 3.63) is 30.1 Å². The Morgan fingerprint density at radius 2 is 2.20 bits per heavy atom. The average Bonchev–Trinajstić information content (AvgIpc) is 2.77. The van der Waals surface area contributed by atoms with E-state index in [1.165, 1.54) is 0 Å². The molecule has 2 rings (SSSR count). The third kappa shape index (κ3) is 4.80. The van der Waals surface area contributed by atoms with Gasteiger partial charge < -0.3 is 10.6 Å². The van der Waals surface area contributed by atoms with Gasteiger partial charge >= 0.3 is 6.03 Å². The second kappa shape index (κ2) is 6.69. The highest BCUT2D eigenvalue weighted by Crippen LogP contribution is 2.17. The molecule has 0 aromatic carbocycles. The van der Waals surface area contributed by atoms with E-state index in [0.29, 0.717) is 25.9 Å². The first-order chi connectivity index (χ1) is 9.55. The summed E-state index contributed by atoms with van der Waals surface area (Å²) in [7, 11) is -2.88. The average molecular weight is 297 g/mol. The first kappa shape index (κ1) is 14.8. The molecule has 1 saturated heterocycles. The summed E-state index contributed by atoms with van der Waals surface area (Å²) in [5, 5.41) is 5.45. The lowest BCUT2D eigenvalue weighted by molar-refractivity contribution is 0.239. The lowest BCUT2D eigenvalue weighted by atomic mass is 10.1. The zero-order chi connectivity index (χ0) is 14.4. The Bertz CT molecular complexity index is 545. The molecule has 1 aromatic rings. The van der Waals surface area contributed by atoms with E-state index in [1.807, 2.05) is 18.2 Å². The number of pyridine rings is 1. The van der Waals surface area contributed by atoms with Gasteiger partial charge in [0.1, 0.15) is 0 Å². The van der Waals surface area contributed by atoms with Crippen LogP contribution in [0, 0.1) is 5.92 Å². The Morgan fingerprint density at radius 1 is 1.35 bits per heavy atom. The van der Waals surface area contributed by atoms with Crippen LogP contribution in [-0.2, 0) is 16.3 Å². The van der Waals surface area contributed by atoms with Gasteiger partial charge in [-0.1, -0.05) is 6.07 Å². The molecule has 1 aliphatic rings. The molecule has 1 unspecified atom stereocenters. The van der Waals surface area contributed by atoms with Crippen LogP contribution in [-0.4, -0.2) is 44.0 Å². The molecule has 1 atom stereocenters. The number of aromatic nitrogens is 1. The van der Waals surface area contributed by atoms with E-state index in [-0.39, 0.29) is 23.5 Å². The third-order valence-corrected chi connectivity index (χ3v) is 5.11. The van der Waals surface area contributed by atoms with Crippen LogP contribution in [0.15, 0.2) is 24.4 Å². The normalized spacial score (nSPS) is 20.5. The molecule has 6 nitrogen and oxygen atoms in total. The minimum atomic E-state index is -2.88. The number of amides is 2. The second-order valence-electron chi connectivity index (χ2n) is 4.98. The molecular weight excluding hydrogens is 278 g/mol. The Morgan fingerprint density at radius 3 is 2.85 bits per heavy atom. The van der Waals surface area contributed by atoms with Crippen molar-refractivity contribution in [2.24, 2.45) is 5.92 Å². The van der Waals surface area contributed by atoms with Crippen LogP contribution in [0.2, 0.25) is 0 Å². The first-order valence-corrected chi connectivity index (χ1v) is 8.49. The van der Waals surface area contributed by atoms with E-state index < -0.39 is 9.84 Å². The van der Waals surface area contributed by atoms with Crippen LogP contribution in [0.1, 0.15) is 12.1 Å². The SMILES string of the molecule is O=C(NCCc1ccccn1)NCC1CCS(=O)(=O)C1. The zero-order valence-electron chi connectivity index (χ0n) is 11.2. The number of hydrogen-bond donors (Lipinski definition) is 2. The predicted molar refractivity (Wildman–Crippen MR) is 76.1 cm³/mol. The largest absolute Gasteiger partial charge is 0.338 e. The summed E-state index contributed by atoms with van der Waals surface area (Å²) in [5.41, 5.74) is 0.926. The molecule has 1 fully saturated rings. The molecule has 2 heterocycles. The number of carbonyl (C=O) groups excluding carboxylic acids is 1. The van der Waals surface area contributed by atoms with Gasteiger partial charge in [-0.15, -0.1) is 0 Å². The number of sulfone groups is 1. The van der Waals surface area contributed by atoms with Gasteiger partial charge in [0.25, 0.3) is 0 Å². The van der Waals surface area contributed by atoms with Crippen molar-refractivity contribution in [3.63, 3.8) is 0 Å². The molecule has 1 aromatic heterocycles. The van der Waals surface area contributed by atoms with Gasteiger partial charge in [-0.05, 0) is 24.5 Å². The number of hydrogen-bond acceptors (Lipinski definition) is 4. The summed E-state index contributed by atoms with van der Waals surface area (Å²) in [6, 6.07) is 5.40. The van der Waals surface area contributed by atoms with Crippen molar-refractivity contribution < 1.29 is 13.2 Å². The molecule has 20 heavy (non-hydrogen) atoms. The van der Waals surface area contributed by atoms with E-state index in [9.17, 15) is 13.2 Å². The van der Waals surface area contributed by atoms with Gasteiger partial charge in [0.05, 0.1) is 11.5 Å². The van der Waals surface area contributed by atoms with Gasteiger partial charge in [0, 0.05) is 31.4 Å². The third-order valence-electron chi connectivity index (χ3n) is 3.27. The fourth-order valence-corrected chi connectivity index (χ4v) is 4.04. The standard InChI is InChI=1S/C13H19N3O3S/c17-13(15-7-4-12-3-1-2-6-14-12)16-9-11-5-8-20(18,19)10-11/h1-3,6,11H,4-5,7-10H2,(H2,15,16,17). The molecule has 0 radical (unpaired) electrons. The molecule has 2 N–H and O–H groups in total. The van der Waals surface area contributed by atoms with Gasteiger partial charge in [-0.3, -0.25) is 4.98 Å². The van der Waals surface area contributed by atoms with E-state index >= 15 is 0 Å². The monoisotopic (exact) mass is 297 g/mol. The lowest BCUT2D eigenvalue weighted by Crippen LogP contribution is -2.39. The second-order valence-corrected chi connectivity index (χ2v) is 7.21. The molecule has 0 aliphatic carbocycles. The number of nitrogens with zero attached hydrogens (tertiary/aromatic N) is 1. The zero-order valence-corrected chi connectivity index (χ0v) is 12.0. The first-order valence-electron chi connectivity index (χ1n) is 6.67. The number of carbonyl (C=O) groups is 1. The summed E-state index contributed by atoms with van der Waals surface area (Å²) < 4.78 is 22.6. The Kier molecular flexibility index (Phi) is 4.94. The summed E-state index contributed by atoms with van der Waals surface area (Å²) in [4.78, 5) is 15.7. The molecular formula is C13H19N3O3S. The van der Waals surface area contributed by atoms with Crippen LogP contribution in [0.5, 0.6) is 0 Å². The summed E-state index contributed by atoms with van der Waals surface area (Å²) in [6.07, 6.45) is 3.03. The van der Waals surface area contributed by atoms with Crippen molar-refractivity contribution in [1.29, 1.82) is 0 Å². The van der Waals surface area contributed by atoms with Crippen molar-refractivity contribution >= 4 is 15.9 Å². The van der Waals surface area contributed by atoms with Crippen LogP contribution in [0.3, 0.4) is 0 Å². The van der Waals surface area contributed by atoms with E-state index in [2.05, 4.69) is 15.6 Å². The highest BCUT2D eigenvalue weighted by molar-refractivity contribution is 7.91. The highest BCUT2D eigenvalue weighted by Gasteiger charge is 2.27. The Hall–Kier alpha value is -1.63. The predicted octanol–water partition coefficient (Wildman–Crippen LogP) is 0.358. The smallest absolute Gasteiger partial charge is 0.314 e. The summed E-state index contributed by atoms with van der Waals surface area (Å²) in [6.45, 7) is 0.917. The van der Waals surface area contributed by atoms with Crippen molar-refractivity contribution in [2.75, 3.05) is 24.6 Å². The number of urea groups is 1. The fraction of sp³-hybridized carbons (Fsp3) is 0.538. The van der Waals surface area contributed by atoms with Crippen LogP contribution < -0.4 is 10.6 Å². The summed E-state index contributed by atoms with van der Waals surface area (Å²) in [5.74, 6) is 0.462. The van der Waals surface area contributed by atoms with Gasteiger partial charge in [-0.2, -0.15) is 0 Å². The highest BCUT2D eigenvalue weighted by atomic mass is 32.2. The van der Waals surface area contributed by atoms with Crippen molar-refractivity contribution in [1.82, 2.24) is 15.6 Å². The molecule has 1 aliphatic heterocycles. The van der Waals surface area contributed by atoms with E-state index in [4.69, 9.17) is 0 Å². The quantitative estimate of drug-likeness (QED) is 0.821. The minimum Gasteiger partial charge on any atom is -0.338 e. The number of nitrogens with one attached hydrogen (secondary N) is 2. The van der Waals surface area contributed by atoms with E-state index in [1.54, 1.807) is 6.20 Å². The maximum atomic E-state index is 11.6. The van der Waals surface area contributed by atoms with Crippen LogP contribution >= 0.6 is 0 Å². The van der Waals surface area contributed by atoms with Crippen LogP contribution in [0.25, 0.3) is 0 Å². The fourth-order valence-electron chi connectivity index (χ4n) is 2.18. The molecule has 0 saturated carbocycles.